The van der Waals surface area contributed by atoms with Crippen LogP contribution in [-0.2, 0) is 29.0 Å². The second-order valence-electron chi connectivity index (χ2n) is 6.21. The van der Waals surface area contributed by atoms with Gasteiger partial charge in [-0.3, -0.25) is 4.79 Å². The van der Waals surface area contributed by atoms with Gasteiger partial charge in [-0.05, 0) is 18.6 Å². The van der Waals surface area contributed by atoms with Crippen molar-refractivity contribution in [2.24, 2.45) is 0 Å². The Bertz CT molecular complexity index is 815. The minimum Gasteiger partial charge on any atom is -0.496 e. The fourth-order valence-corrected chi connectivity index (χ4v) is 3.34. The number of carbonyl (C=O) groups is 2. The summed E-state index contributed by atoms with van der Waals surface area (Å²) in [5, 5.41) is 0. The van der Waals surface area contributed by atoms with Crippen LogP contribution in [0.3, 0.4) is 0 Å². The molecule has 1 aromatic heterocycles. The molecule has 0 spiro atoms. The smallest absolute Gasteiger partial charge is 0.329 e. The van der Waals surface area contributed by atoms with Gasteiger partial charge >= 0.3 is 5.97 Å². The van der Waals surface area contributed by atoms with Gasteiger partial charge in [-0.2, -0.15) is 0 Å². The van der Waals surface area contributed by atoms with Gasteiger partial charge in [-0.15, -0.1) is 0 Å². The van der Waals surface area contributed by atoms with Crippen LogP contribution in [0, 0.1) is 0 Å². The van der Waals surface area contributed by atoms with Crippen LogP contribution in [0.15, 0.2) is 30.6 Å². The molecule has 1 aliphatic rings. The van der Waals surface area contributed by atoms with E-state index >= 15 is 0 Å². The van der Waals surface area contributed by atoms with Gasteiger partial charge in [0, 0.05) is 13.0 Å². The predicted molar refractivity (Wildman–Crippen MR) is 94.9 cm³/mol. The molecule has 7 heteroatoms. The third-order valence-corrected chi connectivity index (χ3v) is 4.65. The van der Waals surface area contributed by atoms with Crippen molar-refractivity contribution in [3.05, 3.63) is 47.5 Å². The van der Waals surface area contributed by atoms with E-state index < -0.39 is 12.0 Å². The van der Waals surface area contributed by atoms with E-state index in [2.05, 4.69) is 11.9 Å². The lowest BCUT2D eigenvalue weighted by atomic mass is 10.0. The summed E-state index contributed by atoms with van der Waals surface area (Å²) < 4.78 is 12.3. The van der Waals surface area contributed by atoms with E-state index in [1.807, 2.05) is 4.57 Å². The van der Waals surface area contributed by atoms with Crippen molar-refractivity contribution >= 4 is 11.9 Å². The number of rotatable bonds is 5. The Hall–Kier alpha value is -2.83. The third kappa shape index (κ3) is 3.16. The molecule has 0 N–H and O–H groups in total. The number of esters is 1. The summed E-state index contributed by atoms with van der Waals surface area (Å²) in [6.07, 6.45) is 3.09. The van der Waals surface area contributed by atoms with E-state index in [1.165, 1.54) is 14.2 Å². The summed E-state index contributed by atoms with van der Waals surface area (Å²) in [5.74, 6) is -0.217. The van der Waals surface area contributed by atoms with Gasteiger partial charge in [0.15, 0.2) is 0 Å². The number of para-hydroxylation sites is 1. The Kier molecular flexibility index (Phi) is 5.25. The lowest BCUT2D eigenvalue weighted by Gasteiger charge is -2.34. The van der Waals surface area contributed by atoms with Gasteiger partial charge in [0.1, 0.15) is 11.8 Å². The van der Waals surface area contributed by atoms with Crippen LogP contribution in [0.25, 0.3) is 0 Å². The molecule has 0 bridgehead atoms. The standard InChI is InChI=1S/C19H23N3O4/c1-4-9-21-12-20-14-10-15(19(24)26-3)22(11-16(14)21)18(23)13-7-5-6-8-17(13)25-2/h5-8,12,15H,4,9-11H2,1-3H3/t15-/m0/s1. The van der Waals surface area contributed by atoms with Crippen molar-refractivity contribution in [2.45, 2.75) is 38.9 Å². The van der Waals surface area contributed by atoms with Crippen LogP contribution < -0.4 is 4.74 Å². The Morgan fingerprint density at radius 1 is 1.27 bits per heavy atom. The van der Waals surface area contributed by atoms with Gasteiger partial charge in [0.05, 0.1) is 44.0 Å². The van der Waals surface area contributed by atoms with E-state index in [0.717, 1.165) is 24.4 Å². The molecule has 7 nitrogen and oxygen atoms in total. The first-order chi connectivity index (χ1) is 12.6. The highest BCUT2D eigenvalue weighted by Crippen LogP contribution is 2.28. The molecule has 26 heavy (non-hydrogen) atoms. The van der Waals surface area contributed by atoms with Crippen molar-refractivity contribution in [3.8, 4) is 5.75 Å². The second-order valence-corrected chi connectivity index (χ2v) is 6.21. The topological polar surface area (TPSA) is 73.7 Å². The van der Waals surface area contributed by atoms with Crippen molar-refractivity contribution in [3.63, 3.8) is 0 Å². The number of aromatic nitrogens is 2. The number of carbonyl (C=O) groups excluding carboxylic acids is 2. The summed E-state index contributed by atoms with van der Waals surface area (Å²) in [6, 6.07) is 6.32. The molecule has 0 saturated heterocycles. The fraction of sp³-hybridized carbons (Fsp3) is 0.421. The molecule has 0 saturated carbocycles. The van der Waals surface area contributed by atoms with Crippen LogP contribution in [-0.4, -0.2) is 46.6 Å². The van der Waals surface area contributed by atoms with E-state index in [1.54, 1.807) is 35.5 Å². The Labute approximate surface area is 152 Å². The van der Waals surface area contributed by atoms with Crippen molar-refractivity contribution in [1.82, 2.24) is 14.5 Å². The molecule has 3 rings (SSSR count). The molecule has 0 fully saturated rings. The molecule has 1 amide bonds. The number of imidazole rings is 1. The van der Waals surface area contributed by atoms with E-state index in [9.17, 15) is 9.59 Å². The highest BCUT2D eigenvalue weighted by molar-refractivity contribution is 5.99. The lowest BCUT2D eigenvalue weighted by molar-refractivity contribution is -0.146. The minimum atomic E-state index is -0.699. The number of fused-ring (bicyclic) bond motifs is 1. The molecule has 0 unspecified atom stereocenters. The van der Waals surface area contributed by atoms with Crippen LogP contribution in [0.4, 0.5) is 0 Å². The molecule has 0 radical (unpaired) electrons. The number of amides is 1. The Balaban J connectivity index is 2.00. The molecule has 1 atom stereocenters. The molecule has 0 aliphatic carbocycles. The first-order valence-corrected chi connectivity index (χ1v) is 8.65. The normalized spacial score (nSPS) is 16.1. The number of hydrogen-bond donors (Lipinski definition) is 0. The number of benzene rings is 1. The summed E-state index contributed by atoms with van der Waals surface area (Å²) in [7, 11) is 2.85. The largest absolute Gasteiger partial charge is 0.496 e. The van der Waals surface area contributed by atoms with E-state index in [-0.39, 0.29) is 5.91 Å². The van der Waals surface area contributed by atoms with Crippen molar-refractivity contribution in [1.29, 1.82) is 0 Å². The number of aryl methyl sites for hydroxylation is 1. The van der Waals surface area contributed by atoms with Crippen LogP contribution in [0.1, 0.15) is 35.1 Å². The van der Waals surface area contributed by atoms with Crippen LogP contribution in [0.2, 0.25) is 0 Å². The number of hydrogen-bond acceptors (Lipinski definition) is 5. The highest BCUT2D eigenvalue weighted by atomic mass is 16.5. The third-order valence-electron chi connectivity index (χ3n) is 4.65. The Morgan fingerprint density at radius 3 is 2.73 bits per heavy atom. The summed E-state index contributed by atoms with van der Waals surface area (Å²) in [5.41, 5.74) is 2.24. The van der Waals surface area contributed by atoms with E-state index in [4.69, 9.17) is 9.47 Å². The summed E-state index contributed by atoms with van der Waals surface area (Å²) in [4.78, 5) is 31.5. The molecule has 1 aliphatic heterocycles. The van der Waals surface area contributed by atoms with Gasteiger partial charge < -0.3 is 18.9 Å². The molecule has 2 heterocycles. The van der Waals surface area contributed by atoms with Crippen molar-refractivity contribution in [2.75, 3.05) is 14.2 Å². The van der Waals surface area contributed by atoms with E-state index in [0.29, 0.717) is 24.3 Å². The number of methoxy groups -OCH3 is 2. The van der Waals surface area contributed by atoms with Crippen LogP contribution >= 0.6 is 0 Å². The molecular formula is C19H23N3O4. The van der Waals surface area contributed by atoms with Gasteiger partial charge in [0.2, 0.25) is 0 Å². The zero-order valence-corrected chi connectivity index (χ0v) is 15.3. The first-order valence-electron chi connectivity index (χ1n) is 8.65. The second kappa shape index (κ2) is 7.59. The maximum absolute atomic E-state index is 13.2. The SMILES string of the molecule is CCCn1cnc2c1CN(C(=O)c1ccccc1OC)[C@H](C(=O)OC)C2. The van der Waals surface area contributed by atoms with Crippen molar-refractivity contribution < 1.29 is 19.1 Å². The molecule has 1 aromatic carbocycles. The predicted octanol–water partition coefficient (Wildman–Crippen LogP) is 2.04. The maximum atomic E-state index is 13.2. The quantitative estimate of drug-likeness (QED) is 0.766. The van der Waals surface area contributed by atoms with Gasteiger partial charge in [-0.25, -0.2) is 9.78 Å². The Morgan fingerprint density at radius 2 is 2.04 bits per heavy atom. The van der Waals surface area contributed by atoms with Gasteiger partial charge in [0.25, 0.3) is 5.91 Å². The first kappa shape index (κ1) is 18.0. The number of nitrogens with zero attached hydrogens (tertiary/aromatic N) is 3. The average Bonchev–Trinajstić information content (AvgIpc) is 3.08. The zero-order valence-electron chi connectivity index (χ0n) is 15.3. The summed E-state index contributed by atoms with van der Waals surface area (Å²) in [6.45, 7) is 3.22. The monoisotopic (exact) mass is 357 g/mol. The summed E-state index contributed by atoms with van der Waals surface area (Å²) >= 11 is 0. The lowest BCUT2D eigenvalue weighted by Crippen LogP contribution is -2.49. The average molecular weight is 357 g/mol. The maximum Gasteiger partial charge on any atom is 0.329 e. The molecular weight excluding hydrogens is 334 g/mol. The van der Waals surface area contributed by atoms with Crippen LogP contribution in [0.5, 0.6) is 5.75 Å². The minimum absolute atomic E-state index is 0.257. The highest BCUT2D eigenvalue weighted by Gasteiger charge is 2.38. The number of ether oxygens (including phenoxy) is 2. The molecule has 2 aromatic rings. The van der Waals surface area contributed by atoms with Gasteiger partial charge in [-0.1, -0.05) is 19.1 Å². The molecule has 138 valence electrons. The fourth-order valence-electron chi connectivity index (χ4n) is 3.34. The zero-order chi connectivity index (χ0) is 18.7.